The van der Waals surface area contributed by atoms with Crippen LogP contribution in [0.15, 0.2) is 36.4 Å². The summed E-state index contributed by atoms with van der Waals surface area (Å²) in [5, 5.41) is 16.0. The minimum Gasteiger partial charge on any atom is -0.480 e. The molecular weight excluding hydrogens is 282 g/mol. The summed E-state index contributed by atoms with van der Waals surface area (Å²) in [5.74, 6) is -1.44. The third-order valence-electron chi connectivity index (χ3n) is 3.51. The Hall–Kier alpha value is -2.63. The Balaban J connectivity index is 2.27. The molecule has 0 aliphatic carbocycles. The van der Waals surface area contributed by atoms with Crippen LogP contribution in [0.3, 0.4) is 0 Å². The van der Waals surface area contributed by atoms with Crippen LogP contribution < -0.4 is 0 Å². The van der Waals surface area contributed by atoms with Gasteiger partial charge in [0.1, 0.15) is 11.7 Å². The second kappa shape index (κ2) is 6.89. The summed E-state index contributed by atoms with van der Waals surface area (Å²) in [5.41, 5.74) is 1.95. The number of carboxylic acids is 1. The molecule has 0 radical (unpaired) electrons. The van der Waals surface area contributed by atoms with E-state index in [2.05, 4.69) is 10.2 Å². The Morgan fingerprint density at radius 1 is 1.32 bits per heavy atom. The Bertz CT molecular complexity index is 652. The van der Waals surface area contributed by atoms with Crippen molar-refractivity contribution in [3.63, 3.8) is 0 Å². The molecule has 0 saturated carbocycles. The van der Waals surface area contributed by atoms with Crippen molar-refractivity contribution in [2.75, 3.05) is 0 Å². The Labute approximate surface area is 128 Å². The highest BCUT2D eigenvalue weighted by molar-refractivity contribution is 5.95. The van der Waals surface area contributed by atoms with Crippen molar-refractivity contribution in [3.8, 4) is 0 Å². The summed E-state index contributed by atoms with van der Waals surface area (Å²) in [7, 11) is 0. The van der Waals surface area contributed by atoms with E-state index in [-0.39, 0.29) is 12.2 Å². The van der Waals surface area contributed by atoms with E-state index in [4.69, 9.17) is 0 Å². The van der Waals surface area contributed by atoms with Gasteiger partial charge in [0.25, 0.3) is 5.91 Å². The molecule has 1 amide bonds. The van der Waals surface area contributed by atoms with Gasteiger partial charge >= 0.3 is 5.97 Å². The number of nitrogens with zero attached hydrogens (tertiary/aromatic N) is 2. The van der Waals surface area contributed by atoms with Crippen LogP contribution in [0.4, 0.5) is 0 Å². The number of aliphatic carboxylic acids is 1. The standard InChI is InChI=1S/C16H19N3O3/c1-3-13-9-14(18-17-13)15(20)19(11(2)16(21)22)10-12-7-5-4-6-8-12/h4-9,11H,3,10H2,1-2H3,(H,17,18)(H,21,22). The molecule has 1 unspecified atom stereocenters. The highest BCUT2D eigenvalue weighted by Gasteiger charge is 2.28. The number of aryl methyl sites for hydroxylation is 1. The smallest absolute Gasteiger partial charge is 0.326 e. The van der Waals surface area contributed by atoms with E-state index in [0.717, 1.165) is 17.7 Å². The van der Waals surface area contributed by atoms with Crippen LogP contribution in [0.5, 0.6) is 0 Å². The molecule has 2 rings (SSSR count). The van der Waals surface area contributed by atoms with E-state index in [0.29, 0.717) is 0 Å². The lowest BCUT2D eigenvalue weighted by atomic mass is 10.1. The second-order valence-electron chi connectivity index (χ2n) is 5.06. The topological polar surface area (TPSA) is 86.3 Å². The van der Waals surface area contributed by atoms with Crippen molar-refractivity contribution < 1.29 is 14.7 Å². The molecule has 22 heavy (non-hydrogen) atoms. The van der Waals surface area contributed by atoms with Crippen LogP contribution in [0, 0.1) is 0 Å². The average Bonchev–Trinajstić information content (AvgIpc) is 3.01. The van der Waals surface area contributed by atoms with Gasteiger partial charge < -0.3 is 10.0 Å². The van der Waals surface area contributed by atoms with Gasteiger partial charge in [-0.15, -0.1) is 0 Å². The monoisotopic (exact) mass is 301 g/mol. The van der Waals surface area contributed by atoms with Gasteiger partial charge in [-0.2, -0.15) is 5.10 Å². The van der Waals surface area contributed by atoms with Crippen LogP contribution in [-0.4, -0.2) is 38.1 Å². The van der Waals surface area contributed by atoms with Crippen LogP contribution in [0.2, 0.25) is 0 Å². The van der Waals surface area contributed by atoms with E-state index >= 15 is 0 Å². The summed E-state index contributed by atoms with van der Waals surface area (Å²) >= 11 is 0. The number of benzene rings is 1. The molecule has 1 heterocycles. The third kappa shape index (κ3) is 3.52. The number of nitrogens with one attached hydrogen (secondary N) is 1. The van der Waals surface area contributed by atoms with Crippen molar-refractivity contribution in [3.05, 3.63) is 53.3 Å². The second-order valence-corrected chi connectivity index (χ2v) is 5.06. The SMILES string of the molecule is CCc1cc(C(=O)N(Cc2ccccc2)C(C)C(=O)O)n[nH]1. The number of amides is 1. The molecule has 1 aromatic carbocycles. The summed E-state index contributed by atoms with van der Waals surface area (Å²) in [6.45, 7) is 3.67. The summed E-state index contributed by atoms with van der Waals surface area (Å²) in [6, 6.07) is 10.0. The predicted octanol–water partition coefficient (Wildman–Crippen LogP) is 2.09. The highest BCUT2D eigenvalue weighted by Crippen LogP contribution is 2.13. The molecule has 0 spiro atoms. The van der Waals surface area contributed by atoms with Gasteiger partial charge in [0.2, 0.25) is 0 Å². The van der Waals surface area contributed by atoms with Crippen LogP contribution >= 0.6 is 0 Å². The normalized spacial score (nSPS) is 11.9. The van der Waals surface area contributed by atoms with Crippen molar-refractivity contribution in [2.24, 2.45) is 0 Å². The van der Waals surface area contributed by atoms with Crippen molar-refractivity contribution in [1.29, 1.82) is 0 Å². The van der Waals surface area contributed by atoms with Crippen LogP contribution in [-0.2, 0) is 17.8 Å². The van der Waals surface area contributed by atoms with Crippen molar-refractivity contribution >= 4 is 11.9 Å². The van der Waals surface area contributed by atoms with E-state index in [1.54, 1.807) is 6.07 Å². The predicted molar refractivity (Wildman–Crippen MR) is 81.4 cm³/mol. The maximum absolute atomic E-state index is 12.6. The van der Waals surface area contributed by atoms with E-state index in [1.165, 1.54) is 11.8 Å². The van der Waals surface area contributed by atoms with E-state index in [9.17, 15) is 14.7 Å². The molecule has 6 nitrogen and oxygen atoms in total. The molecule has 2 N–H and O–H groups in total. The molecule has 1 aromatic heterocycles. The van der Waals surface area contributed by atoms with Gasteiger partial charge in [0.15, 0.2) is 0 Å². The lowest BCUT2D eigenvalue weighted by Gasteiger charge is -2.25. The fraction of sp³-hybridized carbons (Fsp3) is 0.312. The summed E-state index contributed by atoms with van der Waals surface area (Å²) < 4.78 is 0. The number of hydrogen-bond donors (Lipinski definition) is 2. The molecule has 116 valence electrons. The van der Waals surface area contributed by atoms with Gasteiger partial charge in [-0.1, -0.05) is 37.3 Å². The van der Waals surface area contributed by atoms with Gasteiger partial charge in [-0.05, 0) is 25.0 Å². The van der Waals surface area contributed by atoms with Crippen LogP contribution in [0.25, 0.3) is 0 Å². The number of rotatable bonds is 6. The van der Waals surface area contributed by atoms with Gasteiger partial charge in [0.05, 0.1) is 0 Å². The zero-order valence-electron chi connectivity index (χ0n) is 12.6. The maximum atomic E-state index is 12.6. The lowest BCUT2D eigenvalue weighted by Crippen LogP contribution is -2.42. The van der Waals surface area contributed by atoms with E-state index in [1.807, 2.05) is 37.3 Å². The Morgan fingerprint density at radius 2 is 2.00 bits per heavy atom. The zero-order valence-corrected chi connectivity index (χ0v) is 12.6. The molecule has 0 aliphatic rings. The van der Waals surface area contributed by atoms with Crippen LogP contribution in [0.1, 0.15) is 35.6 Å². The minimum atomic E-state index is -1.05. The molecular formula is C16H19N3O3. The molecule has 0 aliphatic heterocycles. The number of H-pyrrole nitrogens is 1. The fourth-order valence-corrected chi connectivity index (χ4v) is 2.10. The first-order valence-corrected chi connectivity index (χ1v) is 7.15. The molecule has 1 atom stereocenters. The van der Waals surface area contributed by atoms with Crippen molar-refractivity contribution in [1.82, 2.24) is 15.1 Å². The third-order valence-corrected chi connectivity index (χ3v) is 3.51. The lowest BCUT2D eigenvalue weighted by molar-refractivity contribution is -0.141. The van der Waals surface area contributed by atoms with Gasteiger partial charge in [-0.3, -0.25) is 9.89 Å². The first-order valence-electron chi connectivity index (χ1n) is 7.15. The Kier molecular flexibility index (Phi) is 4.93. The van der Waals surface area contributed by atoms with Gasteiger partial charge in [-0.25, -0.2) is 4.79 Å². The number of hydrogen-bond acceptors (Lipinski definition) is 3. The first-order chi connectivity index (χ1) is 10.5. The largest absolute Gasteiger partial charge is 0.480 e. The minimum absolute atomic E-state index is 0.224. The molecule has 0 fully saturated rings. The maximum Gasteiger partial charge on any atom is 0.326 e. The van der Waals surface area contributed by atoms with Crippen molar-refractivity contribution in [2.45, 2.75) is 32.9 Å². The first kappa shape index (κ1) is 15.8. The molecule has 6 heteroatoms. The average molecular weight is 301 g/mol. The zero-order chi connectivity index (χ0) is 16.1. The number of carbonyl (C=O) groups is 2. The fourth-order valence-electron chi connectivity index (χ4n) is 2.10. The number of aromatic nitrogens is 2. The summed E-state index contributed by atoms with van der Waals surface area (Å²) in [6.07, 6.45) is 0.730. The molecule has 0 bridgehead atoms. The molecule has 0 saturated heterocycles. The summed E-state index contributed by atoms with van der Waals surface area (Å²) in [4.78, 5) is 25.2. The quantitative estimate of drug-likeness (QED) is 0.855. The number of carbonyl (C=O) groups excluding carboxylic acids is 1. The van der Waals surface area contributed by atoms with E-state index < -0.39 is 17.9 Å². The number of carboxylic acid groups (broad SMARTS) is 1. The Morgan fingerprint density at radius 3 is 2.55 bits per heavy atom. The highest BCUT2D eigenvalue weighted by atomic mass is 16.4. The van der Waals surface area contributed by atoms with Gasteiger partial charge in [0, 0.05) is 12.2 Å². The molecule has 2 aromatic rings. The number of aromatic amines is 1.